The van der Waals surface area contributed by atoms with Crippen molar-refractivity contribution in [2.24, 2.45) is 11.8 Å². The Labute approximate surface area is 236 Å². The van der Waals surface area contributed by atoms with Crippen LogP contribution in [0.5, 0.6) is 0 Å². The fourth-order valence-corrected chi connectivity index (χ4v) is 7.23. The molecule has 4 aliphatic rings. The van der Waals surface area contributed by atoms with Crippen molar-refractivity contribution in [1.82, 2.24) is 20.0 Å². The highest BCUT2D eigenvalue weighted by Crippen LogP contribution is 2.45. The first kappa shape index (κ1) is 28.2. The van der Waals surface area contributed by atoms with Gasteiger partial charge in [0.05, 0.1) is 36.0 Å². The molecule has 0 aromatic heterocycles. The minimum Gasteiger partial charge on any atom is -0.303 e. The van der Waals surface area contributed by atoms with E-state index < -0.39 is 0 Å². The van der Waals surface area contributed by atoms with Crippen molar-refractivity contribution >= 4 is 24.4 Å². The summed E-state index contributed by atoms with van der Waals surface area (Å²) in [5.74, 6) is 0.0747. The minimum atomic E-state index is -0.124. The molecule has 212 valence electrons. The predicted octanol–water partition coefficient (Wildman–Crippen LogP) is 4.35. The molecule has 0 spiro atoms. The van der Waals surface area contributed by atoms with Gasteiger partial charge in [0, 0.05) is 25.9 Å². The number of hydrogen-bond acceptors (Lipinski definition) is 6. The maximum Gasteiger partial charge on any atom is 0.238 e. The molecule has 0 bridgehead atoms. The van der Waals surface area contributed by atoms with Gasteiger partial charge in [-0.15, -0.1) is 0 Å². The molecule has 8 nitrogen and oxygen atoms in total. The smallest absolute Gasteiger partial charge is 0.238 e. The van der Waals surface area contributed by atoms with Gasteiger partial charge in [-0.1, -0.05) is 87.4 Å². The fourth-order valence-electron chi connectivity index (χ4n) is 7.23. The Morgan fingerprint density at radius 2 is 1.02 bits per heavy atom. The molecule has 0 N–H and O–H groups in total. The van der Waals surface area contributed by atoms with Gasteiger partial charge in [0.1, 0.15) is 12.6 Å². The minimum absolute atomic E-state index is 0.0108. The van der Waals surface area contributed by atoms with Crippen molar-refractivity contribution in [3.63, 3.8) is 0 Å². The van der Waals surface area contributed by atoms with Gasteiger partial charge in [-0.3, -0.25) is 19.6 Å². The number of carbonyl (C=O) groups excluding carboxylic acids is 4. The number of carbonyl (C=O) groups is 4. The normalized spacial score (nSPS) is 29.8. The monoisotopic (exact) mass is 544 g/mol. The van der Waals surface area contributed by atoms with E-state index in [2.05, 4.69) is 48.1 Å². The van der Waals surface area contributed by atoms with E-state index in [0.717, 1.165) is 62.5 Å². The summed E-state index contributed by atoms with van der Waals surface area (Å²) in [5.41, 5.74) is 2.26. The largest absolute Gasteiger partial charge is 0.303 e. The van der Waals surface area contributed by atoms with Gasteiger partial charge in [-0.25, -0.2) is 10.0 Å². The van der Waals surface area contributed by atoms with Crippen molar-refractivity contribution in [1.29, 1.82) is 0 Å². The van der Waals surface area contributed by atoms with E-state index in [1.807, 2.05) is 46.4 Å². The lowest BCUT2D eigenvalue weighted by atomic mass is 9.87. The highest BCUT2D eigenvalue weighted by atomic mass is 16.2. The lowest BCUT2D eigenvalue weighted by Gasteiger charge is -2.27. The molecule has 0 radical (unpaired) electrons. The molecule has 4 saturated heterocycles. The zero-order valence-electron chi connectivity index (χ0n) is 23.5. The summed E-state index contributed by atoms with van der Waals surface area (Å²) in [7, 11) is 0. The second-order valence-corrected chi connectivity index (χ2v) is 11.2. The zero-order chi connectivity index (χ0) is 28.2. The molecular formula is C32H40N4O4. The van der Waals surface area contributed by atoms with Crippen LogP contribution in [0.2, 0.25) is 0 Å². The van der Waals surface area contributed by atoms with Crippen LogP contribution < -0.4 is 0 Å². The Hall–Kier alpha value is -3.36. The van der Waals surface area contributed by atoms with E-state index in [4.69, 9.17) is 0 Å². The van der Waals surface area contributed by atoms with Crippen LogP contribution >= 0.6 is 0 Å². The van der Waals surface area contributed by atoms with Crippen molar-refractivity contribution in [3.8, 4) is 0 Å². The van der Waals surface area contributed by atoms with Crippen molar-refractivity contribution in [2.75, 3.05) is 13.1 Å². The molecule has 6 rings (SSSR count). The summed E-state index contributed by atoms with van der Waals surface area (Å²) in [6, 6.07) is 20.2. The lowest BCUT2D eigenvalue weighted by Crippen LogP contribution is -2.39. The van der Waals surface area contributed by atoms with E-state index in [9.17, 15) is 19.2 Å². The topological polar surface area (TPSA) is 81.2 Å². The summed E-state index contributed by atoms with van der Waals surface area (Å²) in [6.07, 6.45) is 6.95. The Balaban J connectivity index is 0.000000161. The molecule has 2 aromatic carbocycles. The van der Waals surface area contributed by atoms with Gasteiger partial charge in [0.25, 0.3) is 0 Å². The van der Waals surface area contributed by atoms with Crippen LogP contribution in [-0.4, -0.2) is 69.6 Å². The Morgan fingerprint density at radius 1 is 0.650 bits per heavy atom. The Kier molecular flexibility index (Phi) is 8.76. The van der Waals surface area contributed by atoms with E-state index in [1.165, 1.54) is 0 Å². The third-order valence-electron chi connectivity index (χ3n) is 8.83. The highest BCUT2D eigenvalue weighted by molar-refractivity contribution is 5.80. The first-order valence-corrected chi connectivity index (χ1v) is 14.7. The van der Waals surface area contributed by atoms with Crippen LogP contribution in [0, 0.1) is 11.8 Å². The van der Waals surface area contributed by atoms with E-state index in [0.29, 0.717) is 12.8 Å². The third-order valence-corrected chi connectivity index (χ3v) is 8.83. The average molecular weight is 545 g/mol. The van der Waals surface area contributed by atoms with Gasteiger partial charge in [0.2, 0.25) is 11.8 Å². The third kappa shape index (κ3) is 4.99. The van der Waals surface area contributed by atoms with E-state index >= 15 is 0 Å². The van der Waals surface area contributed by atoms with E-state index in [-0.39, 0.29) is 47.8 Å². The quantitative estimate of drug-likeness (QED) is 0.460. The molecule has 40 heavy (non-hydrogen) atoms. The summed E-state index contributed by atoms with van der Waals surface area (Å²) >= 11 is 0. The molecule has 6 atom stereocenters. The van der Waals surface area contributed by atoms with Crippen molar-refractivity contribution < 1.29 is 19.2 Å². The molecule has 8 heteroatoms. The molecule has 0 aliphatic carbocycles. The molecule has 0 saturated carbocycles. The van der Waals surface area contributed by atoms with Crippen LogP contribution in [0.4, 0.5) is 0 Å². The Bertz CT molecular complexity index is 1100. The van der Waals surface area contributed by atoms with Crippen molar-refractivity contribution in [3.05, 3.63) is 71.8 Å². The number of aldehydes is 2. The van der Waals surface area contributed by atoms with E-state index in [1.54, 1.807) is 0 Å². The van der Waals surface area contributed by atoms with Gasteiger partial charge < -0.3 is 9.59 Å². The second kappa shape index (κ2) is 12.4. The number of fused-ring (bicyclic) bond motifs is 2. The highest BCUT2D eigenvalue weighted by Gasteiger charge is 2.53. The maximum atomic E-state index is 12.1. The predicted molar refractivity (Wildman–Crippen MR) is 151 cm³/mol. The molecular weight excluding hydrogens is 504 g/mol. The molecule has 0 unspecified atom stereocenters. The van der Waals surface area contributed by atoms with Crippen LogP contribution in [0.15, 0.2) is 60.7 Å². The number of nitrogens with zero attached hydrogens (tertiary/aromatic N) is 4. The fraction of sp³-hybridized carbons (Fsp3) is 0.500. The van der Waals surface area contributed by atoms with Gasteiger partial charge >= 0.3 is 0 Å². The molecule has 4 aliphatic heterocycles. The number of benzene rings is 2. The molecule has 2 aromatic rings. The average Bonchev–Trinajstić information content (AvgIpc) is 3.71. The second-order valence-electron chi connectivity index (χ2n) is 11.2. The van der Waals surface area contributed by atoms with Crippen LogP contribution in [-0.2, 0) is 19.2 Å². The summed E-state index contributed by atoms with van der Waals surface area (Å²) < 4.78 is 0. The maximum absolute atomic E-state index is 12.1. The standard InChI is InChI=1S/2C16H20N2O2/c2*1-2-6-14-13(11-19)16(12-7-4-3-5-8-12)17-10-9-15(20)18(14)17/h2*3-5,7-8,11,13-14,16H,2,6,9-10H2,1H3/t2*13-,14-,16-/m10/s1. The number of rotatable bonds is 8. The zero-order valence-corrected chi connectivity index (χ0v) is 23.5. The lowest BCUT2D eigenvalue weighted by molar-refractivity contribution is -0.139. The van der Waals surface area contributed by atoms with Crippen LogP contribution in [0.3, 0.4) is 0 Å². The molecule has 4 fully saturated rings. The Morgan fingerprint density at radius 3 is 1.35 bits per heavy atom. The van der Waals surface area contributed by atoms with Crippen molar-refractivity contribution in [2.45, 2.75) is 76.5 Å². The van der Waals surface area contributed by atoms with Gasteiger partial charge in [-0.2, -0.15) is 0 Å². The number of hydrogen-bond donors (Lipinski definition) is 0. The van der Waals surface area contributed by atoms with Gasteiger partial charge in [0.15, 0.2) is 0 Å². The first-order valence-electron chi connectivity index (χ1n) is 14.7. The number of hydrazine groups is 2. The van der Waals surface area contributed by atoms with Gasteiger partial charge in [-0.05, 0) is 24.0 Å². The molecule has 2 amide bonds. The number of amides is 2. The summed E-state index contributed by atoms with van der Waals surface area (Å²) in [6.45, 7) is 5.65. The van der Waals surface area contributed by atoms with Crippen LogP contribution in [0.1, 0.15) is 75.6 Å². The molecule has 4 heterocycles. The summed E-state index contributed by atoms with van der Waals surface area (Å²) in [5, 5.41) is 7.94. The first-order chi connectivity index (χ1) is 19.5. The van der Waals surface area contributed by atoms with Crippen LogP contribution in [0.25, 0.3) is 0 Å². The SMILES string of the molecule is CCC[C@@H]1[C@@H](C=O)[C@@H](c2ccccc2)N2CCC(=O)N12.CCC[C@H]1[C@H](C=O)[C@H](c2ccccc2)N2CCC(=O)N12. The summed E-state index contributed by atoms with van der Waals surface area (Å²) in [4.78, 5) is 47.6.